The minimum absolute atomic E-state index is 0.0328. The first-order valence-corrected chi connectivity index (χ1v) is 10.1. The number of likely N-dealkylation sites (tertiary alicyclic amines) is 1. The van der Waals surface area contributed by atoms with Crippen molar-refractivity contribution < 1.29 is 14.3 Å². The molecule has 27 heavy (non-hydrogen) atoms. The molecular weight excluding hydrogens is 344 g/mol. The van der Waals surface area contributed by atoms with Gasteiger partial charge in [0.2, 0.25) is 0 Å². The quantitative estimate of drug-likeness (QED) is 0.689. The largest absolute Gasteiger partial charge is 0.383 e. The number of hydrogen-bond donors (Lipinski definition) is 0. The van der Waals surface area contributed by atoms with Gasteiger partial charge < -0.3 is 19.3 Å². The zero-order valence-corrected chi connectivity index (χ0v) is 16.6. The Morgan fingerprint density at radius 3 is 2.81 bits per heavy atom. The summed E-state index contributed by atoms with van der Waals surface area (Å²) in [7, 11) is 1.75. The van der Waals surface area contributed by atoms with Gasteiger partial charge in [0.15, 0.2) is 0 Å². The number of methoxy groups -OCH3 is 1. The van der Waals surface area contributed by atoms with Crippen molar-refractivity contribution in [3.8, 4) is 0 Å². The summed E-state index contributed by atoms with van der Waals surface area (Å²) < 4.78 is 11.0. The molecular formula is C20H32N4O3. The highest BCUT2D eigenvalue weighted by atomic mass is 16.5. The molecule has 2 aliphatic rings. The molecule has 2 saturated heterocycles. The molecule has 3 heterocycles. The number of carbonyl (C=O) groups is 1. The van der Waals surface area contributed by atoms with Crippen molar-refractivity contribution in [2.75, 3.05) is 53.0 Å². The number of piperidine rings is 1. The van der Waals surface area contributed by atoms with Crippen LogP contribution in [0.1, 0.15) is 41.7 Å². The zero-order valence-electron chi connectivity index (χ0n) is 16.6. The molecule has 7 heteroatoms. The Hall–Kier alpha value is -1.57. The van der Waals surface area contributed by atoms with E-state index in [2.05, 4.69) is 14.9 Å². The summed E-state index contributed by atoms with van der Waals surface area (Å²) in [5.74, 6) is 0.560. The van der Waals surface area contributed by atoms with E-state index in [9.17, 15) is 4.79 Å². The maximum absolute atomic E-state index is 13.2. The number of hydrogen-bond acceptors (Lipinski definition) is 6. The van der Waals surface area contributed by atoms with Crippen molar-refractivity contribution in [3.05, 3.63) is 23.8 Å². The smallest absolute Gasteiger partial charge is 0.257 e. The highest BCUT2D eigenvalue weighted by Crippen LogP contribution is 2.22. The van der Waals surface area contributed by atoms with Gasteiger partial charge in [-0.1, -0.05) is 0 Å². The van der Waals surface area contributed by atoms with Crippen LogP contribution in [0.25, 0.3) is 0 Å². The first kappa shape index (κ1) is 20.2. The Balaban J connectivity index is 1.62. The van der Waals surface area contributed by atoms with Crippen LogP contribution in [-0.4, -0.2) is 84.8 Å². The van der Waals surface area contributed by atoms with Crippen LogP contribution in [0, 0.1) is 12.8 Å². The number of nitrogens with zero attached hydrogens (tertiary/aromatic N) is 4. The van der Waals surface area contributed by atoms with Crippen molar-refractivity contribution in [3.63, 3.8) is 0 Å². The number of ether oxygens (including phenoxy) is 2. The fraction of sp³-hybridized carbons (Fsp3) is 0.750. The molecule has 0 aromatic carbocycles. The Morgan fingerprint density at radius 2 is 2.15 bits per heavy atom. The molecule has 0 radical (unpaired) electrons. The lowest BCUT2D eigenvalue weighted by Gasteiger charge is -2.35. The molecule has 0 saturated carbocycles. The average Bonchev–Trinajstić information content (AvgIpc) is 3.20. The monoisotopic (exact) mass is 376 g/mol. The van der Waals surface area contributed by atoms with Gasteiger partial charge in [-0.15, -0.1) is 0 Å². The molecule has 1 aromatic heterocycles. The topological polar surface area (TPSA) is 67.8 Å². The predicted molar refractivity (Wildman–Crippen MR) is 103 cm³/mol. The lowest BCUT2D eigenvalue weighted by molar-refractivity contribution is 0.0435. The predicted octanol–water partition coefficient (Wildman–Crippen LogP) is 1.76. The molecule has 0 aliphatic carbocycles. The summed E-state index contributed by atoms with van der Waals surface area (Å²) in [6.45, 7) is 8.03. The molecule has 1 atom stereocenters. The molecule has 150 valence electrons. The van der Waals surface area contributed by atoms with Gasteiger partial charge in [-0.2, -0.15) is 0 Å². The third kappa shape index (κ3) is 5.70. The van der Waals surface area contributed by atoms with Gasteiger partial charge >= 0.3 is 0 Å². The maximum atomic E-state index is 13.2. The lowest BCUT2D eigenvalue weighted by atomic mass is 9.95. The first-order chi connectivity index (χ1) is 13.2. The second kappa shape index (κ2) is 10.1. The van der Waals surface area contributed by atoms with Gasteiger partial charge in [0.25, 0.3) is 5.91 Å². The number of amides is 1. The van der Waals surface area contributed by atoms with Crippen LogP contribution in [0.4, 0.5) is 0 Å². The van der Waals surface area contributed by atoms with Crippen LogP contribution in [0.15, 0.2) is 12.5 Å². The summed E-state index contributed by atoms with van der Waals surface area (Å²) >= 11 is 0. The molecule has 1 unspecified atom stereocenters. The molecule has 1 amide bonds. The Kier molecular flexibility index (Phi) is 7.55. The second-order valence-electron chi connectivity index (χ2n) is 7.64. The summed E-state index contributed by atoms with van der Waals surface area (Å²) in [4.78, 5) is 25.9. The average molecular weight is 377 g/mol. The molecule has 0 N–H and O–H groups in total. The highest BCUT2D eigenvalue weighted by molar-refractivity contribution is 5.94. The number of carbonyl (C=O) groups excluding carboxylic acids is 1. The third-order valence-corrected chi connectivity index (χ3v) is 5.67. The SMILES string of the molecule is COCCN1CCC(CN(CC2CCCO2)C(=O)c2cncnc2C)CC1. The molecule has 2 aliphatic heterocycles. The van der Waals surface area contributed by atoms with E-state index in [1.807, 2.05) is 11.8 Å². The Bertz CT molecular complexity index is 599. The van der Waals surface area contributed by atoms with Gasteiger partial charge in [-0.05, 0) is 51.6 Å². The van der Waals surface area contributed by atoms with Crippen molar-refractivity contribution in [2.24, 2.45) is 5.92 Å². The van der Waals surface area contributed by atoms with Gasteiger partial charge in [-0.25, -0.2) is 9.97 Å². The van der Waals surface area contributed by atoms with Gasteiger partial charge in [0.05, 0.1) is 24.0 Å². The van der Waals surface area contributed by atoms with E-state index in [1.54, 1.807) is 13.3 Å². The number of rotatable bonds is 8. The van der Waals surface area contributed by atoms with Gasteiger partial charge in [0.1, 0.15) is 6.33 Å². The first-order valence-electron chi connectivity index (χ1n) is 10.1. The zero-order chi connectivity index (χ0) is 19.1. The summed E-state index contributed by atoms with van der Waals surface area (Å²) in [5.41, 5.74) is 1.34. The Morgan fingerprint density at radius 1 is 1.33 bits per heavy atom. The summed E-state index contributed by atoms with van der Waals surface area (Å²) in [6, 6.07) is 0. The van der Waals surface area contributed by atoms with E-state index < -0.39 is 0 Å². The maximum Gasteiger partial charge on any atom is 0.257 e. The number of aromatic nitrogens is 2. The van der Waals surface area contributed by atoms with Crippen LogP contribution in [-0.2, 0) is 9.47 Å². The Labute approximate surface area is 162 Å². The fourth-order valence-corrected chi connectivity index (χ4v) is 3.97. The fourth-order valence-electron chi connectivity index (χ4n) is 3.97. The van der Waals surface area contributed by atoms with E-state index in [-0.39, 0.29) is 12.0 Å². The van der Waals surface area contributed by atoms with Crippen LogP contribution in [0.2, 0.25) is 0 Å². The highest BCUT2D eigenvalue weighted by Gasteiger charge is 2.28. The van der Waals surface area contributed by atoms with E-state index >= 15 is 0 Å². The standard InChI is InChI=1S/C20H32N4O3/c1-16-19(12-21-15-22-16)20(25)24(14-18-4-3-10-27-18)13-17-5-7-23(8-6-17)9-11-26-2/h12,15,17-18H,3-11,13-14H2,1-2H3. The summed E-state index contributed by atoms with van der Waals surface area (Å²) in [6.07, 6.45) is 7.63. The van der Waals surface area contributed by atoms with Gasteiger partial charge in [0, 0.05) is 39.5 Å². The van der Waals surface area contributed by atoms with E-state index in [0.29, 0.717) is 18.0 Å². The number of aryl methyl sites for hydroxylation is 1. The summed E-state index contributed by atoms with van der Waals surface area (Å²) in [5, 5.41) is 0. The van der Waals surface area contributed by atoms with E-state index in [4.69, 9.17) is 9.47 Å². The van der Waals surface area contributed by atoms with Crippen LogP contribution in [0.5, 0.6) is 0 Å². The minimum Gasteiger partial charge on any atom is -0.383 e. The lowest BCUT2D eigenvalue weighted by Crippen LogP contribution is -2.44. The third-order valence-electron chi connectivity index (χ3n) is 5.67. The molecule has 0 bridgehead atoms. The molecule has 7 nitrogen and oxygen atoms in total. The van der Waals surface area contributed by atoms with Gasteiger partial charge in [-0.3, -0.25) is 4.79 Å². The normalized spacial score (nSPS) is 21.5. The van der Waals surface area contributed by atoms with E-state index in [1.165, 1.54) is 6.33 Å². The molecule has 1 aromatic rings. The minimum atomic E-state index is 0.0328. The van der Waals surface area contributed by atoms with Crippen molar-refractivity contribution in [1.29, 1.82) is 0 Å². The van der Waals surface area contributed by atoms with Crippen LogP contribution < -0.4 is 0 Å². The van der Waals surface area contributed by atoms with Crippen molar-refractivity contribution in [2.45, 2.75) is 38.7 Å². The van der Waals surface area contributed by atoms with E-state index in [0.717, 1.165) is 70.8 Å². The molecule has 3 rings (SSSR count). The van der Waals surface area contributed by atoms with Crippen LogP contribution in [0.3, 0.4) is 0 Å². The molecule has 0 spiro atoms. The van der Waals surface area contributed by atoms with Crippen molar-refractivity contribution >= 4 is 5.91 Å². The molecule has 2 fully saturated rings. The van der Waals surface area contributed by atoms with Crippen LogP contribution >= 0.6 is 0 Å². The van der Waals surface area contributed by atoms with Crippen molar-refractivity contribution in [1.82, 2.24) is 19.8 Å². The second-order valence-corrected chi connectivity index (χ2v) is 7.64.